The smallest absolute Gasteiger partial charge is 0.142 e. The van der Waals surface area contributed by atoms with Crippen molar-refractivity contribution in [3.8, 4) is 0 Å². The zero-order chi connectivity index (χ0) is 12.3. The van der Waals surface area contributed by atoms with E-state index in [0.29, 0.717) is 16.6 Å². The van der Waals surface area contributed by atoms with Crippen LogP contribution in [0.4, 0.5) is 4.39 Å². The van der Waals surface area contributed by atoms with Gasteiger partial charge in [-0.2, -0.15) is 0 Å². The third kappa shape index (κ3) is 3.13. The predicted molar refractivity (Wildman–Crippen MR) is 66.4 cm³/mol. The van der Waals surface area contributed by atoms with Gasteiger partial charge in [0.1, 0.15) is 11.6 Å². The van der Waals surface area contributed by atoms with Crippen molar-refractivity contribution in [2.24, 2.45) is 5.92 Å². The zero-order valence-electron chi connectivity index (χ0n) is 9.42. The molecule has 17 heavy (non-hydrogen) atoms. The highest BCUT2D eigenvalue weighted by Gasteiger charge is 2.22. The second-order valence-corrected chi connectivity index (χ2v) is 5.06. The lowest BCUT2D eigenvalue weighted by atomic mass is 9.93. The fourth-order valence-corrected chi connectivity index (χ4v) is 2.42. The van der Waals surface area contributed by atoms with Crippen molar-refractivity contribution in [1.82, 2.24) is 0 Å². The number of ketones is 1. The van der Waals surface area contributed by atoms with Crippen molar-refractivity contribution >= 4 is 21.7 Å². The highest BCUT2D eigenvalue weighted by atomic mass is 79.9. The normalized spacial score (nSPS) is 20.2. The Balaban J connectivity index is 2.04. The van der Waals surface area contributed by atoms with Crippen LogP contribution in [0.3, 0.4) is 0 Å². The minimum atomic E-state index is -0.324. The molecule has 1 saturated heterocycles. The second-order valence-electron chi connectivity index (χ2n) is 4.27. The summed E-state index contributed by atoms with van der Waals surface area (Å²) in [4.78, 5) is 12.0. The van der Waals surface area contributed by atoms with Crippen LogP contribution in [0.2, 0.25) is 0 Å². The Morgan fingerprint density at radius 3 is 3.06 bits per heavy atom. The van der Waals surface area contributed by atoms with E-state index < -0.39 is 0 Å². The highest BCUT2D eigenvalue weighted by Crippen LogP contribution is 2.23. The molecule has 1 aliphatic rings. The molecule has 1 atom stereocenters. The van der Waals surface area contributed by atoms with Crippen LogP contribution in [-0.4, -0.2) is 19.0 Å². The Morgan fingerprint density at radius 2 is 2.35 bits per heavy atom. The molecule has 0 saturated carbocycles. The minimum Gasteiger partial charge on any atom is -0.381 e. The van der Waals surface area contributed by atoms with Crippen LogP contribution in [0.1, 0.15) is 18.4 Å². The largest absolute Gasteiger partial charge is 0.381 e. The van der Waals surface area contributed by atoms with Crippen molar-refractivity contribution in [3.05, 3.63) is 34.1 Å². The van der Waals surface area contributed by atoms with Gasteiger partial charge in [0.05, 0.1) is 11.1 Å². The van der Waals surface area contributed by atoms with Crippen LogP contribution in [0, 0.1) is 11.7 Å². The standard InChI is InChI=1S/C13H14BrFO2/c14-13-9(3-1-5-11(13)15)7-12(16)10-4-2-6-17-8-10/h1,3,5,10H,2,4,6-8H2. The summed E-state index contributed by atoms with van der Waals surface area (Å²) in [5.74, 6) is -0.217. The first-order chi connectivity index (χ1) is 8.18. The molecule has 1 aromatic carbocycles. The lowest BCUT2D eigenvalue weighted by Crippen LogP contribution is -2.26. The number of rotatable bonds is 3. The summed E-state index contributed by atoms with van der Waals surface area (Å²) >= 11 is 3.17. The summed E-state index contributed by atoms with van der Waals surface area (Å²) in [7, 11) is 0. The predicted octanol–water partition coefficient (Wildman–Crippen LogP) is 3.13. The van der Waals surface area contributed by atoms with Gasteiger partial charge in [-0.3, -0.25) is 4.79 Å². The van der Waals surface area contributed by atoms with Crippen LogP contribution in [0.15, 0.2) is 22.7 Å². The molecule has 0 aliphatic carbocycles. The maximum absolute atomic E-state index is 13.3. The van der Waals surface area contributed by atoms with Crippen LogP contribution >= 0.6 is 15.9 Å². The van der Waals surface area contributed by atoms with Gasteiger partial charge in [0.25, 0.3) is 0 Å². The lowest BCUT2D eigenvalue weighted by Gasteiger charge is -2.21. The monoisotopic (exact) mass is 300 g/mol. The minimum absolute atomic E-state index is 0.0288. The molecule has 4 heteroatoms. The Labute approximate surface area is 108 Å². The highest BCUT2D eigenvalue weighted by molar-refractivity contribution is 9.10. The molecule has 0 spiro atoms. The Bertz CT molecular complexity index is 414. The molecular formula is C13H14BrFO2. The van der Waals surface area contributed by atoms with Gasteiger partial charge in [-0.05, 0) is 40.4 Å². The van der Waals surface area contributed by atoms with Crippen molar-refractivity contribution in [2.45, 2.75) is 19.3 Å². The van der Waals surface area contributed by atoms with E-state index in [9.17, 15) is 9.18 Å². The number of hydrogen-bond donors (Lipinski definition) is 0. The van der Waals surface area contributed by atoms with Crippen molar-refractivity contribution in [1.29, 1.82) is 0 Å². The van der Waals surface area contributed by atoms with Crippen LogP contribution in [-0.2, 0) is 16.0 Å². The molecule has 1 aliphatic heterocycles. The Morgan fingerprint density at radius 1 is 1.53 bits per heavy atom. The van der Waals surface area contributed by atoms with Crippen LogP contribution in [0.25, 0.3) is 0 Å². The first-order valence-corrected chi connectivity index (χ1v) is 6.51. The zero-order valence-corrected chi connectivity index (χ0v) is 11.0. The van der Waals surface area contributed by atoms with Crippen molar-refractivity contribution in [3.63, 3.8) is 0 Å². The SMILES string of the molecule is O=C(Cc1cccc(F)c1Br)C1CCCOC1. The average molecular weight is 301 g/mol. The van der Waals surface area contributed by atoms with E-state index in [1.54, 1.807) is 12.1 Å². The molecule has 1 heterocycles. The van der Waals surface area contributed by atoms with Crippen LogP contribution in [0.5, 0.6) is 0 Å². The number of halogens is 2. The van der Waals surface area contributed by atoms with Gasteiger partial charge >= 0.3 is 0 Å². The third-order valence-electron chi connectivity index (χ3n) is 3.01. The summed E-state index contributed by atoms with van der Waals surface area (Å²) in [6.07, 6.45) is 2.08. The number of hydrogen-bond acceptors (Lipinski definition) is 2. The summed E-state index contributed by atoms with van der Waals surface area (Å²) < 4.78 is 19.0. The molecule has 1 aromatic rings. The summed E-state index contributed by atoms with van der Waals surface area (Å²) in [6.45, 7) is 1.25. The maximum atomic E-state index is 13.3. The number of ether oxygens (including phenoxy) is 1. The Kier molecular flexibility index (Phi) is 4.29. The number of carbonyl (C=O) groups is 1. The first kappa shape index (κ1) is 12.7. The molecule has 0 amide bonds. The molecule has 0 radical (unpaired) electrons. The van der Waals surface area contributed by atoms with Crippen LogP contribution < -0.4 is 0 Å². The number of benzene rings is 1. The Hall–Kier alpha value is -0.740. The molecule has 1 unspecified atom stereocenters. The van der Waals surface area contributed by atoms with Crippen molar-refractivity contribution in [2.75, 3.05) is 13.2 Å². The molecule has 2 nitrogen and oxygen atoms in total. The second kappa shape index (κ2) is 5.74. The molecular weight excluding hydrogens is 287 g/mol. The van der Waals surface area contributed by atoms with Gasteiger partial charge in [0.15, 0.2) is 0 Å². The van der Waals surface area contributed by atoms with Gasteiger partial charge in [-0.25, -0.2) is 4.39 Å². The molecule has 1 fully saturated rings. The molecule has 0 N–H and O–H groups in total. The van der Waals surface area contributed by atoms with Gasteiger partial charge in [-0.1, -0.05) is 12.1 Å². The molecule has 0 aromatic heterocycles. The van der Waals surface area contributed by atoms with E-state index in [1.165, 1.54) is 6.07 Å². The summed E-state index contributed by atoms with van der Waals surface area (Å²) in [6, 6.07) is 4.77. The number of Topliss-reactive ketones (excluding diaryl/α,β-unsaturated/α-hetero) is 1. The van der Waals surface area contributed by atoms with Gasteiger partial charge < -0.3 is 4.74 Å². The third-order valence-corrected chi connectivity index (χ3v) is 3.90. The van der Waals surface area contributed by atoms with Gasteiger partial charge in [0, 0.05) is 18.9 Å². The topological polar surface area (TPSA) is 26.3 Å². The quantitative estimate of drug-likeness (QED) is 0.857. The lowest BCUT2D eigenvalue weighted by molar-refractivity contribution is -0.126. The fraction of sp³-hybridized carbons (Fsp3) is 0.462. The van der Waals surface area contributed by atoms with E-state index in [1.807, 2.05) is 0 Å². The maximum Gasteiger partial charge on any atom is 0.142 e. The first-order valence-electron chi connectivity index (χ1n) is 5.72. The number of carbonyl (C=O) groups excluding carboxylic acids is 1. The van der Waals surface area contributed by atoms with Crippen molar-refractivity contribution < 1.29 is 13.9 Å². The molecule has 0 bridgehead atoms. The molecule has 92 valence electrons. The molecule has 2 rings (SSSR count). The fourth-order valence-electron chi connectivity index (χ4n) is 2.01. The summed E-state index contributed by atoms with van der Waals surface area (Å²) in [5, 5.41) is 0. The van der Waals surface area contributed by atoms with E-state index in [-0.39, 0.29) is 23.9 Å². The summed E-state index contributed by atoms with van der Waals surface area (Å²) in [5.41, 5.74) is 0.709. The van der Waals surface area contributed by atoms with Gasteiger partial charge in [-0.15, -0.1) is 0 Å². The van der Waals surface area contributed by atoms with E-state index in [2.05, 4.69) is 15.9 Å². The van der Waals surface area contributed by atoms with E-state index in [4.69, 9.17) is 4.74 Å². The van der Waals surface area contributed by atoms with E-state index >= 15 is 0 Å². The van der Waals surface area contributed by atoms with Gasteiger partial charge in [0.2, 0.25) is 0 Å². The van der Waals surface area contributed by atoms with E-state index in [0.717, 1.165) is 19.4 Å². The average Bonchev–Trinajstić information content (AvgIpc) is 2.36.